The van der Waals surface area contributed by atoms with Crippen LogP contribution < -0.4 is 5.32 Å². The van der Waals surface area contributed by atoms with E-state index in [-0.39, 0.29) is 10.8 Å². The minimum absolute atomic E-state index is 0.110. The maximum absolute atomic E-state index is 11.8. The number of hydrogen-bond donors (Lipinski definition) is 1. The molecule has 0 saturated heterocycles. The highest BCUT2D eigenvalue weighted by molar-refractivity contribution is 6.35. The summed E-state index contributed by atoms with van der Waals surface area (Å²) in [6.07, 6.45) is 2.65. The summed E-state index contributed by atoms with van der Waals surface area (Å²) in [6, 6.07) is 4.71. The van der Waals surface area contributed by atoms with Crippen molar-refractivity contribution in [2.45, 2.75) is 0 Å². The Labute approximate surface area is 118 Å². The van der Waals surface area contributed by atoms with E-state index in [0.29, 0.717) is 15.7 Å². The number of hydrogen-bond acceptors (Lipinski definition) is 3. The van der Waals surface area contributed by atoms with Crippen LogP contribution in [0.5, 0.6) is 0 Å². The lowest BCUT2D eigenvalue weighted by Crippen LogP contribution is -2.14. The SMILES string of the molecule is O=C(Nc1cc(Cl)cc(Cl)c1)c1cncc(Cl)n1. The van der Waals surface area contributed by atoms with Crippen LogP contribution in [0.3, 0.4) is 0 Å². The van der Waals surface area contributed by atoms with E-state index >= 15 is 0 Å². The molecule has 0 spiro atoms. The van der Waals surface area contributed by atoms with Gasteiger partial charge < -0.3 is 5.32 Å². The van der Waals surface area contributed by atoms with Crippen molar-refractivity contribution in [1.29, 1.82) is 0 Å². The van der Waals surface area contributed by atoms with Crippen molar-refractivity contribution in [3.63, 3.8) is 0 Å². The third kappa shape index (κ3) is 3.32. The highest BCUT2D eigenvalue weighted by atomic mass is 35.5. The number of amides is 1. The molecule has 1 aromatic heterocycles. The number of halogens is 3. The molecule has 0 bridgehead atoms. The quantitative estimate of drug-likeness (QED) is 0.920. The van der Waals surface area contributed by atoms with E-state index in [4.69, 9.17) is 34.8 Å². The van der Waals surface area contributed by atoms with Crippen LogP contribution in [0.4, 0.5) is 5.69 Å². The van der Waals surface area contributed by atoms with Crippen LogP contribution in [-0.4, -0.2) is 15.9 Å². The van der Waals surface area contributed by atoms with Gasteiger partial charge in [0.1, 0.15) is 10.8 Å². The zero-order valence-corrected chi connectivity index (χ0v) is 11.1. The van der Waals surface area contributed by atoms with E-state index in [2.05, 4.69) is 15.3 Å². The second kappa shape index (κ2) is 5.52. The molecule has 1 amide bonds. The van der Waals surface area contributed by atoms with Gasteiger partial charge in [-0.25, -0.2) is 4.98 Å². The number of carbonyl (C=O) groups is 1. The van der Waals surface area contributed by atoms with E-state index in [1.165, 1.54) is 12.4 Å². The summed E-state index contributed by atoms with van der Waals surface area (Å²) < 4.78 is 0. The molecular formula is C11H6Cl3N3O. The molecule has 0 aliphatic rings. The standard InChI is InChI=1S/C11H6Cl3N3O/c12-6-1-7(13)3-8(2-6)16-11(18)9-4-15-5-10(14)17-9/h1-5H,(H,16,18). The van der Waals surface area contributed by atoms with Crippen molar-refractivity contribution >= 4 is 46.4 Å². The van der Waals surface area contributed by atoms with Crippen LogP contribution in [-0.2, 0) is 0 Å². The molecule has 92 valence electrons. The van der Waals surface area contributed by atoms with E-state index in [1.54, 1.807) is 18.2 Å². The summed E-state index contributed by atoms with van der Waals surface area (Å²) in [5, 5.41) is 3.60. The molecule has 0 aliphatic heterocycles. The maximum Gasteiger partial charge on any atom is 0.275 e. The first kappa shape index (κ1) is 13.1. The normalized spacial score (nSPS) is 10.2. The molecule has 0 radical (unpaired) electrons. The number of aromatic nitrogens is 2. The van der Waals surface area contributed by atoms with Gasteiger partial charge in [-0.1, -0.05) is 34.8 Å². The summed E-state index contributed by atoms with van der Waals surface area (Å²) in [6.45, 7) is 0. The Hall–Kier alpha value is -1.36. The Bertz CT molecular complexity index is 584. The van der Waals surface area contributed by atoms with Crippen LogP contribution in [0.15, 0.2) is 30.6 Å². The average Bonchev–Trinajstić information content (AvgIpc) is 2.27. The molecule has 0 saturated carbocycles. The molecule has 0 atom stereocenters. The largest absolute Gasteiger partial charge is 0.320 e. The van der Waals surface area contributed by atoms with Crippen LogP contribution in [0.1, 0.15) is 10.5 Å². The second-order valence-corrected chi connectivity index (χ2v) is 4.60. The summed E-state index contributed by atoms with van der Waals surface area (Å²) in [5.41, 5.74) is 0.581. The highest BCUT2D eigenvalue weighted by Gasteiger charge is 2.09. The monoisotopic (exact) mass is 301 g/mol. The summed E-state index contributed by atoms with van der Waals surface area (Å²) in [7, 11) is 0. The van der Waals surface area contributed by atoms with E-state index in [1.807, 2.05) is 0 Å². The van der Waals surface area contributed by atoms with E-state index in [9.17, 15) is 4.79 Å². The topological polar surface area (TPSA) is 54.9 Å². The molecule has 0 unspecified atom stereocenters. The van der Waals surface area contributed by atoms with Crippen LogP contribution in [0.25, 0.3) is 0 Å². The van der Waals surface area contributed by atoms with Gasteiger partial charge in [-0.15, -0.1) is 0 Å². The number of carbonyl (C=O) groups excluding carboxylic acids is 1. The predicted octanol–water partition coefficient (Wildman–Crippen LogP) is 3.69. The van der Waals surface area contributed by atoms with Gasteiger partial charge in [0.25, 0.3) is 5.91 Å². The minimum Gasteiger partial charge on any atom is -0.320 e. The Balaban J connectivity index is 2.21. The van der Waals surface area contributed by atoms with Gasteiger partial charge >= 0.3 is 0 Å². The van der Waals surface area contributed by atoms with Gasteiger partial charge in [0.15, 0.2) is 0 Å². The third-order valence-corrected chi connectivity index (χ3v) is 2.58. The maximum atomic E-state index is 11.8. The summed E-state index contributed by atoms with van der Waals surface area (Å²) in [4.78, 5) is 19.4. The Morgan fingerprint density at radius 3 is 2.33 bits per heavy atom. The second-order valence-electron chi connectivity index (χ2n) is 3.34. The van der Waals surface area contributed by atoms with Crippen molar-refractivity contribution < 1.29 is 4.79 Å². The summed E-state index contributed by atoms with van der Waals surface area (Å²) >= 11 is 17.3. The zero-order chi connectivity index (χ0) is 13.1. The van der Waals surface area contributed by atoms with Gasteiger partial charge in [0.05, 0.1) is 12.4 Å². The van der Waals surface area contributed by atoms with Gasteiger partial charge in [0.2, 0.25) is 0 Å². The molecule has 2 rings (SSSR count). The van der Waals surface area contributed by atoms with Crippen molar-refractivity contribution in [2.24, 2.45) is 0 Å². The first-order valence-electron chi connectivity index (χ1n) is 4.79. The fourth-order valence-electron chi connectivity index (χ4n) is 1.27. The first-order chi connectivity index (χ1) is 8.54. The molecule has 0 fully saturated rings. The van der Waals surface area contributed by atoms with Crippen molar-refractivity contribution in [1.82, 2.24) is 9.97 Å². The molecule has 7 heteroatoms. The highest BCUT2D eigenvalue weighted by Crippen LogP contribution is 2.22. The number of rotatable bonds is 2. The fraction of sp³-hybridized carbons (Fsp3) is 0. The van der Waals surface area contributed by atoms with Gasteiger partial charge in [-0.3, -0.25) is 9.78 Å². The van der Waals surface area contributed by atoms with Crippen molar-refractivity contribution in [3.8, 4) is 0 Å². The molecule has 1 heterocycles. The predicted molar refractivity (Wildman–Crippen MR) is 71.5 cm³/mol. The van der Waals surface area contributed by atoms with Crippen LogP contribution >= 0.6 is 34.8 Å². The average molecular weight is 303 g/mol. The first-order valence-corrected chi connectivity index (χ1v) is 5.93. The number of anilines is 1. The van der Waals surface area contributed by atoms with Crippen molar-refractivity contribution in [2.75, 3.05) is 5.32 Å². The fourth-order valence-corrected chi connectivity index (χ4v) is 1.95. The Morgan fingerprint density at radius 2 is 1.72 bits per heavy atom. The Morgan fingerprint density at radius 1 is 1.06 bits per heavy atom. The van der Waals surface area contributed by atoms with Crippen molar-refractivity contribution in [3.05, 3.63) is 51.5 Å². The van der Waals surface area contributed by atoms with Gasteiger partial charge in [-0.05, 0) is 18.2 Å². The molecule has 4 nitrogen and oxygen atoms in total. The lowest BCUT2D eigenvalue weighted by molar-refractivity contribution is 0.102. The number of nitrogens with zero attached hydrogens (tertiary/aromatic N) is 2. The van der Waals surface area contributed by atoms with Gasteiger partial charge in [0, 0.05) is 15.7 Å². The van der Waals surface area contributed by atoms with E-state index in [0.717, 1.165) is 0 Å². The molecule has 1 aromatic carbocycles. The minimum atomic E-state index is -0.441. The number of benzene rings is 1. The molecule has 0 aliphatic carbocycles. The molecule has 2 aromatic rings. The van der Waals surface area contributed by atoms with E-state index < -0.39 is 5.91 Å². The molecule has 18 heavy (non-hydrogen) atoms. The van der Waals surface area contributed by atoms with Crippen LogP contribution in [0, 0.1) is 0 Å². The summed E-state index contributed by atoms with van der Waals surface area (Å²) in [5.74, 6) is -0.441. The number of nitrogens with one attached hydrogen (secondary N) is 1. The van der Waals surface area contributed by atoms with Gasteiger partial charge in [-0.2, -0.15) is 0 Å². The zero-order valence-electron chi connectivity index (χ0n) is 8.82. The smallest absolute Gasteiger partial charge is 0.275 e. The lowest BCUT2D eigenvalue weighted by atomic mass is 10.3. The Kier molecular flexibility index (Phi) is 4.01. The van der Waals surface area contributed by atoms with Crippen LogP contribution in [0.2, 0.25) is 15.2 Å². The third-order valence-electron chi connectivity index (χ3n) is 1.96. The lowest BCUT2D eigenvalue weighted by Gasteiger charge is -2.05. The molecular weight excluding hydrogens is 296 g/mol. The molecule has 1 N–H and O–H groups in total.